The molecule has 0 aliphatic carbocycles. The maximum atomic E-state index is 13.2. The minimum Gasteiger partial charge on any atom is -0.369 e. The number of hydrogen-bond donors (Lipinski definition) is 2. The maximum Gasteiger partial charge on any atom is 0.251 e. The van der Waals surface area contributed by atoms with Crippen LogP contribution in [0.4, 0.5) is 4.39 Å². The van der Waals surface area contributed by atoms with Gasteiger partial charge in [0, 0.05) is 31.0 Å². The molecule has 2 heterocycles. The number of aromatic nitrogens is 1. The van der Waals surface area contributed by atoms with E-state index in [1.807, 2.05) is 0 Å². The highest BCUT2D eigenvalue weighted by atomic mass is 19.1. The second-order valence-corrected chi connectivity index (χ2v) is 6.41. The number of aryl methyl sites for hydroxylation is 1. The number of hydrogen-bond acceptors (Lipinski definition) is 3. The summed E-state index contributed by atoms with van der Waals surface area (Å²) in [6, 6.07) is 5.90. The molecule has 1 aromatic carbocycles. The summed E-state index contributed by atoms with van der Waals surface area (Å²) >= 11 is 0. The lowest BCUT2D eigenvalue weighted by molar-refractivity contribution is -0.134. The Hall–Kier alpha value is -2.70. The second-order valence-electron chi connectivity index (χ2n) is 6.41. The van der Waals surface area contributed by atoms with Crippen molar-refractivity contribution in [2.75, 3.05) is 13.1 Å². The lowest BCUT2D eigenvalue weighted by Crippen LogP contribution is -2.41. The van der Waals surface area contributed by atoms with E-state index in [0.717, 1.165) is 5.39 Å². The molecular formula is C18H20FN3O3. The molecule has 0 atom stereocenters. The number of piperidine rings is 1. The average molecular weight is 345 g/mol. The van der Waals surface area contributed by atoms with E-state index in [4.69, 9.17) is 5.73 Å². The van der Waals surface area contributed by atoms with Gasteiger partial charge in [-0.3, -0.25) is 14.4 Å². The maximum absolute atomic E-state index is 13.2. The first-order chi connectivity index (χ1) is 11.9. The van der Waals surface area contributed by atoms with Gasteiger partial charge in [-0.05, 0) is 48.9 Å². The third-order valence-corrected chi connectivity index (χ3v) is 4.74. The Balaban J connectivity index is 1.63. The summed E-state index contributed by atoms with van der Waals surface area (Å²) < 4.78 is 13.2. The van der Waals surface area contributed by atoms with Gasteiger partial charge < -0.3 is 15.6 Å². The molecule has 0 bridgehead atoms. The van der Waals surface area contributed by atoms with Gasteiger partial charge >= 0.3 is 0 Å². The van der Waals surface area contributed by atoms with Gasteiger partial charge in [0.15, 0.2) is 0 Å². The fourth-order valence-electron chi connectivity index (χ4n) is 3.22. The molecule has 3 rings (SSSR count). The Kier molecular flexibility index (Phi) is 4.83. The molecule has 1 aliphatic rings. The number of likely N-dealkylation sites (tertiary alicyclic amines) is 1. The Labute approximate surface area is 143 Å². The topological polar surface area (TPSA) is 96.3 Å². The van der Waals surface area contributed by atoms with E-state index in [2.05, 4.69) is 4.98 Å². The zero-order chi connectivity index (χ0) is 18.0. The highest BCUT2D eigenvalue weighted by Gasteiger charge is 2.25. The fourth-order valence-corrected chi connectivity index (χ4v) is 3.22. The van der Waals surface area contributed by atoms with Crippen LogP contribution in [0.2, 0.25) is 0 Å². The molecule has 0 spiro atoms. The zero-order valence-electron chi connectivity index (χ0n) is 13.8. The molecule has 3 N–H and O–H groups in total. The van der Waals surface area contributed by atoms with Crippen LogP contribution in [0.5, 0.6) is 0 Å². The van der Waals surface area contributed by atoms with Crippen molar-refractivity contribution in [1.82, 2.24) is 9.88 Å². The molecule has 2 aromatic rings. The van der Waals surface area contributed by atoms with Crippen LogP contribution in [0.25, 0.3) is 10.9 Å². The van der Waals surface area contributed by atoms with E-state index in [0.29, 0.717) is 43.4 Å². The number of amides is 2. The predicted molar refractivity (Wildman–Crippen MR) is 91.3 cm³/mol. The molecule has 0 unspecified atom stereocenters. The zero-order valence-corrected chi connectivity index (χ0v) is 13.8. The van der Waals surface area contributed by atoms with Crippen LogP contribution >= 0.6 is 0 Å². The minimum absolute atomic E-state index is 0.0403. The highest BCUT2D eigenvalue weighted by molar-refractivity contribution is 5.80. The van der Waals surface area contributed by atoms with Crippen molar-refractivity contribution >= 4 is 22.7 Å². The van der Waals surface area contributed by atoms with Gasteiger partial charge in [0.25, 0.3) is 5.56 Å². The van der Waals surface area contributed by atoms with E-state index in [1.54, 1.807) is 17.0 Å². The number of rotatable bonds is 4. The Bertz CT molecular complexity index is 869. The number of nitrogens with zero attached hydrogens (tertiary/aromatic N) is 1. The molecule has 7 heteroatoms. The molecule has 25 heavy (non-hydrogen) atoms. The number of benzene rings is 1. The van der Waals surface area contributed by atoms with Gasteiger partial charge in [-0.15, -0.1) is 0 Å². The summed E-state index contributed by atoms with van der Waals surface area (Å²) in [6.45, 7) is 1.03. The van der Waals surface area contributed by atoms with Gasteiger partial charge in [-0.2, -0.15) is 0 Å². The normalized spacial score (nSPS) is 15.5. The lowest BCUT2D eigenvalue weighted by atomic mass is 9.96. The van der Waals surface area contributed by atoms with Gasteiger partial charge in [0.2, 0.25) is 11.8 Å². The predicted octanol–water partition coefficient (Wildman–Crippen LogP) is 1.32. The molecule has 0 saturated carbocycles. The first-order valence-electron chi connectivity index (χ1n) is 8.32. The van der Waals surface area contributed by atoms with E-state index >= 15 is 0 Å². The summed E-state index contributed by atoms with van der Waals surface area (Å²) in [5, 5.41) is 0.728. The van der Waals surface area contributed by atoms with E-state index in [1.165, 1.54) is 12.1 Å². The second kappa shape index (κ2) is 7.04. The molecule has 1 aromatic heterocycles. The van der Waals surface area contributed by atoms with Crippen molar-refractivity contribution in [2.24, 2.45) is 11.7 Å². The number of primary amides is 1. The number of aromatic amines is 1. The van der Waals surface area contributed by atoms with E-state index in [-0.39, 0.29) is 29.7 Å². The van der Waals surface area contributed by atoms with Crippen molar-refractivity contribution in [2.45, 2.75) is 25.7 Å². The third kappa shape index (κ3) is 3.87. The summed E-state index contributed by atoms with van der Waals surface area (Å²) in [5.74, 6) is -0.925. The Morgan fingerprint density at radius 2 is 1.96 bits per heavy atom. The largest absolute Gasteiger partial charge is 0.369 e. The van der Waals surface area contributed by atoms with Crippen molar-refractivity contribution in [3.63, 3.8) is 0 Å². The number of carbonyl (C=O) groups is 2. The number of fused-ring (bicyclic) bond motifs is 1. The van der Waals surface area contributed by atoms with Gasteiger partial charge in [0.05, 0.1) is 5.52 Å². The van der Waals surface area contributed by atoms with E-state index in [9.17, 15) is 18.8 Å². The summed E-state index contributed by atoms with van der Waals surface area (Å²) in [7, 11) is 0. The van der Waals surface area contributed by atoms with Gasteiger partial charge in [0.1, 0.15) is 5.82 Å². The number of nitrogens with two attached hydrogens (primary N) is 1. The van der Waals surface area contributed by atoms with Gasteiger partial charge in [-0.25, -0.2) is 4.39 Å². The Morgan fingerprint density at radius 3 is 2.64 bits per heavy atom. The summed E-state index contributed by atoms with van der Waals surface area (Å²) in [5.41, 5.74) is 5.92. The molecule has 2 amide bonds. The Morgan fingerprint density at radius 1 is 1.24 bits per heavy atom. The van der Waals surface area contributed by atoms with Crippen LogP contribution < -0.4 is 11.3 Å². The van der Waals surface area contributed by atoms with Crippen molar-refractivity contribution in [3.05, 3.63) is 46.0 Å². The molecule has 0 radical (unpaired) electrons. The SMILES string of the molecule is NC(=O)C1CCN(C(=O)CCc2cc3ccc(F)cc3[nH]c2=O)CC1. The van der Waals surface area contributed by atoms with E-state index < -0.39 is 5.82 Å². The number of carbonyl (C=O) groups excluding carboxylic acids is 2. The van der Waals surface area contributed by atoms with Crippen LogP contribution in [0.1, 0.15) is 24.8 Å². The monoisotopic (exact) mass is 345 g/mol. The van der Waals surface area contributed by atoms with Crippen LogP contribution in [0.3, 0.4) is 0 Å². The number of nitrogens with one attached hydrogen (secondary N) is 1. The van der Waals surface area contributed by atoms with Crippen LogP contribution in [0, 0.1) is 11.7 Å². The molecule has 6 nitrogen and oxygen atoms in total. The molecule has 132 valence electrons. The summed E-state index contributed by atoms with van der Waals surface area (Å²) in [6.07, 6.45) is 1.71. The standard InChI is InChI=1S/C18H20FN3O3/c19-14-3-1-12-9-13(18(25)21-15(12)10-14)2-4-16(23)22-7-5-11(6-8-22)17(20)24/h1,3,9-11H,2,4-8H2,(H2,20,24)(H,21,25). The number of H-pyrrole nitrogens is 1. The smallest absolute Gasteiger partial charge is 0.251 e. The molecular weight excluding hydrogens is 325 g/mol. The van der Waals surface area contributed by atoms with Crippen LogP contribution in [-0.2, 0) is 16.0 Å². The fraction of sp³-hybridized carbons (Fsp3) is 0.389. The van der Waals surface area contributed by atoms with Crippen molar-refractivity contribution in [3.8, 4) is 0 Å². The quantitative estimate of drug-likeness (QED) is 0.875. The molecule has 1 saturated heterocycles. The number of halogens is 1. The summed E-state index contributed by atoms with van der Waals surface area (Å²) in [4.78, 5) is 39.9. The first kappa shape index (κ1) is 17.1. The molecule has 1 aliphatic heterocycles. The highest BCUT2D eigenvalue weighted by Crippen LogP contribution is 2.18. The average Bonchev–Trinajstić information content (AvgIpc) is 2.59. The van der Waals surface area contributed by atoms with Gasteiger partial charge in [-0.1, -0.05) is 0 Å². The van der Waals surface area contributed by atoms with Crippen LogP contribution in [-0.4, -0.2) is 34.8 Å². The molecule has 1 fully saturated rings. The van der Waals surface area contributed by atoms with Crippen molar-refractivity contribution < 1.29 is 14.0 Å². The van der Waals surface area contributed by atoms with Crippen LogP contribution in [0.15, 0.2) is 29.1 Å². The number of pyridine rings is 1. The van der Waals surface area contributed by atoms with Crippen molar-refractivity contribution in [1.29, 1.82) is 0 Å². The first-order valence-corrected chi connectivity index (χ1v) is 8.32. The minimum atomic E-state index is -0.412. The third-order valence-electron chi connectivity index (χ3n) is 4.74. The lowest BCUT2D eigenvalue weighted by Gasteiger charge is -2.30.